The quantitative estimate of drug-likeness (QED) is 0.794. The molecule has 14 heavy (non-hydrogen) atoms. The lowest BCUT2D eigenvalue weighted by atomic mass is 9.96. The zero-order valence-corrected chi connectivity index (χ0v) is 9.25. The molecule has 0 saturated carbocycles. The van der Waals surface area contributed by atoms with Gasteiger partial charge in [-0.2, -0.15) is 5.10 Å². The zero-order valence-electron chi connectivity index (χ0n) is 8.50. The van der Waals surface area contributed by atoms with Gasteiger partial charge in [0.15, 0.2) is 0 Å². The van der Waals surface area contributed by atoms with E-state index in [-0.39, 0.29) is 6.54 Å². The van der Waals surface area contributed by atoms with Crippen molar-refractivity contribution < 1.29 is 5.11 Å². The molecule has 4 nitrogen and oxygen atoms in total. The van der Waals surface area contributed by atoms with Crippen LogP contribution in [-0.4, -0.2) is 21.4 Å². The van der Waals surface area contributed by atoms with Crippen LogP contribution in [0.3, 0.4) is 0 Å². The van der Waals surface area contributed by atoms with Crippen molar-refractivity contribution in [2.24, 2.45) is 5.73 Å². The first-order valence-corrected chi connectivity index (χ1v) is 5.11. The number of aromatic nitrogens is 2. The van der Waals surface area contributed by atoms with E-state index in [0.29, 0.717) is 23.7 Å². The molecule has 1 atom stereocenters. The summed E-state index contributed by atoms with van der Waals surface area (Å²) in [6.45, 7) is 4.63. The van der Waals surface area contributed by atoms with Gasteiger partial charge in [0.1, 0.15) is 5.60 Å². The Balaban J connectivity index is 3.20. The van der Waals surface area contributed by atoms with Gasteiger partial charge in [-0.25, -0.2) is 0 Å². The fourth-order valence-electron chi connectivity index (χ4n) is 1.47. The molecule has 0 fully saturated rings. The summed E-state index contributed by atoms with van der Waals surface area (Å²) >= 11 is 5.97. The van der Waals surface area contributed by atoms with Crippen molar-refractivity contribution in [2.75, 3.05) is 6.54 Å². The number of nitrogens with zero attached hydrogens (tertiary/aromatic N) is 2. The Morgan fingerprint density at radius 2 is 2.29 bits per heavy atom. The maximum absolute atomic E-state index is 10.2. The monoisotopic (exact) mass is 217 g/mol. The Kier molecular flexibility index (Phi) is 3.53. The molecule has 0 saturated heterocycles. The predicted octanol–water partition coefficient (Wildman–Crippen LogP) is 1.11. The number of nitrogens with two attached hydrogens (primary N) is 1. The van der Waals surface area contributed by atoms with Crippen LogP contribution in [0.5, 0.6) is 0 Å². The Bertz CT molecular complexity index is 307. The van der Waals surface area contributed by atoms with Gasteiger partial charge in [0, 0.05) is 13.1 Å². The maximum atomic E-state index is 10.2. The second-order valence-corrected chi connectivity index (χ2v) is 3.65. The minimum Gasteiger partial charge on any atom is -0.382 e. The van der Waals surface area contributed by atoms with Gasteiger partial charge in [0.2, 0.25) is 0 Å². The van der Waals surface area contributed by atoms with E-state index < -0.39 is 5.60 Å². The van der Waals surface area contributed by atoms with Crippen molar-refractivity contribution in [1.82, 2.24) is 9.78 Å². The van der Waals surface area contributed by atoms with E-state index in [4.69, 9.17) is 17.3 Å². The molecule has 0 aliphatic rings. The summed E-state index contributed by atoms with van der Waals surface area (Å²) in [4.78, 5) is 0. The number of hydrogen-bond donors (Lipinski definition) is 2. The number of hydrogen-bond acceptors (Lipinski definition) is 3. The maximum Gasteiger partial charge on any atom is 0.120 e. The molecule has 0 aromatic carbocycles. The van der Waals surface area contributed by atoms with Gasteiger partial charge < -0.3 is 10.8 Å². The Hall–Kier alpha value is -0.580. The second-order valence-electron chi connectivity index (χ2n) is 3.25. The van der Waals surface area contributed by atoms with Crippen LogP contribution in [0.25, 0.3) is 0 Å². The smallest absolute Gasteiger partial charge is 0.120 e. The number of aryl methyl sites for hydroxylation is 1. The highest BCUT2D eigenvalue weighted by molar-refractivity contribution is 6.31. The van der Waals surface area contributed by atoms with E-state index in [1.807, 2.05) is 13.8 Å². The van der Waals surface area contributed by atoms with Gasteiger partial charge in [-0.05, 0) is 13.3 Å². The first kappa shape index (κ1) is 11.5. The summed E-state index contributed by atoms with van der Waals surface area (Å²) in [6, 6.07) is 0. The highest BCUT2D eigenvalue weighted by Gasteiger charge is 2.31. The van der Waals surface area contributed by atoms with Gasteiger partial charge in [-0.1, -0.05) is 18.5 Å². The Labute approximate surface area is 88.7 Å². The first-order chi connectivity index (χ1) is 6.59. The molecule has 0 radical (unpaired) electrons. The average Bonchev–Trinajstić information content (AvgIpc) is 2.59. The van der Waals surface area contributed by atoms with E-state index in [0.717, 1.165) is 0 Å². The molecule has 1 aromatic heterocycles. The lowest BCUT2D eigenvalue weighted by Gasteiger charge is -2.26. The fourth-order valence-corrected chi connectivity index (χ4v) is 1.79. The second kappa shape index (κ2) is 4.29. The molecule has 1 rings (SSSR count). The van der Waals surface area contributed by atoms with Crippen LogP contribution in [0.2, 0.25) is 5.02 Å². The van der Waals surface area contributed by atoms with Crippen molar-refractivity contribution >= 4 is 11.6 Å². The number of rotatable bonds is 4. The van der Waals surface area contributed by atoms with Gasteiger partial charge in [-0.15, -0.1) is 0 Å². The van der Waals surface area contributed by atoms with Crippen molar-refractivity contribution in [2.45, 2.75) is 32.4 Å². The lowest BCUT2D eigenvalue weighted by Crippen LogP contribution is -2.36. The Morgan fingerprint density at radius 3 is 2.71 bits per heavy atom. The van der Waals surface area contributed by atoms with Gasteiger partial charge in [-0.3, -0.25) is 4.68 Å². The molecule has 0 spiro atoms. The number of halogens is 1. The molecule has 1 aromatic rings. The molecule has 0 aliphatic carbocycles. The molecule has 0 amide bonds. The summed E-state index contributed by atoms with van der Waals surface area (Å²) in [6.07, 6.45) is 2.06. The molecule has 5 heteroatoms. The van der Waals surface area contributed by atoms with Crippen molar-refractivity contribution in [3.8, 4) is 0 Å². The van der Waals surface area contributed by atoms with Crippen LogP contribution in [0.1, 0.15) is 26.0 Å². The topological polar surface area (TPSA) is 64.1 Å². The van der Waals surface area contributed by atoms with Crippen LogP contribution >= 0.6 is 11.6 Å². The van der Waals surface area contributed by atoms with Gasteiger partial charge >= 0.3 is 0 Å². The molecule has 1 heterocycles. The molecular weight excluding hydrogens is 202 g/mol. The Morgan fingerprint density at radius 1 is 1.64 bits per heavy atom. The third-order valence-corrected chi connectivity index (χ3v) is 2.73. The van der Waals surface area contributed by atoms with E-state index in [2.05, 4.69) is 5.10 Å². The molecule has 1 unspecified atom stereocenters. The van der Waals surface area contributed by atoms with E-state index in [1.54, 1.807) is 4.68 Å². The van der Waals surface area contributed by atoms with Crippen LogP contribution in [0.4, 0.5) is 0 Å². The molecule has 0 aliphatic heterocycles. The zero-order chi connectivity index (χ0) is 10.8. The van der Waals surface area contributed by atoms with Crippen LogP contribution < -0.4 is 5.73 Å². The van der Waals surface area contributed by atoms with Crippen molar-refractivity contribution in [3.05, 3.63) is 16.9 Å². The molecule has 0 bridgehead atoms. The SMILES string of the molecule is CCn1ncc(Cl)c1C(O)(CC)CN. The lowest BCUT2D eigenvalue weighted by molar-refractivity contribution is 0.0328. The summed E-state index contributed by atoms with van der Waals surface area (Å²) < 4.78 is 1.68. The van der Waals surface area contributed by atoms with Crippen molar-refractivity contribution in [3.63, 3.8) is 0 Å². The van der Waals surface area contributed by atoms with Gasteiger partial charge in [0.05, 0.1) is 16.9 Å². The van der Waals surface area contributed by atoms with E-state index in [9.17, 15) is 5.11 Å². The van der Waals surface area contributed by atoms with Crippen LogP contribution in [0.15, 0.2) is 6.20 Å². The standard InChI is InChI=1S/C9H16ClN3O/c1-3-9(14,6-11)8-7(10)5-12-13(8)4-2/h5,14H,3-4,6,11H2,1-2H3. The fraction of sp³-hybridized carbons (Fsp3) is 0.667. The summed E-state index contributed by atoms with van der Waals surface area (Å²) in [5.41, 5.74) is 5.10. The number of aliphatic hydroxyl groups is 1. The predicted molar refractivity (Wildman–Crippen MR) is 56.2 cm³/mol. The third kappa shape index (κ3) is 1.78. The first-order valence-electron chi connectivity index (χ1n) is 4.73. The molecule has 3 N–H and O–H groups in total. The minimum absolute atomic E-state index is 0.148. The summed E-state index contributed by atoms with van der Waals surface area (Å²) in [5.74, 6) is 0. The minimum atomic E-state index is -1.07. The highest BCUT2D eigenvalue weighted by Crippen LogP contribution is 2.29. The average molecular weight is 218 g/mol. The highest BCUT2D eigenvalue weighted by atomic mass is 35.5. The summed E-state index contributed by atoms with van der Waals surface area (Å²) in [5, 5.41) is 14.8. The normalized spacial score (nSPS) is 15.5. The van der Waals surface area contributed by atoms with E-state index >= 15 is 0 Å². The molecule has 80 valence electrons. The van der Waals surface area contributed by atoms with Crippen LogP contribution in [-0.2, 0) is 12.1 Å². The van der Waals surface area contributed by atoms with E-state index in [1.165, 1.54) is 6.20 Å². The third-order valence-electron chi connectivity index (χ3n) is 2.46. The largest absolute Gasteiger partial charge is 0.382 e. The van der Waals surface area contributed by atoms with Crippen molar-refractivity contribution in [1.29, 1.82) is 0 Å². The van der Waals surface area contributed by atoms with Crippen LogP contribution in [0, 0.1) is 0 Å². The van der Waals surface area contributed by atoms with Gasteiger partial charge in [0.25, 0.3) is 0 Å². The molecular formula is C9H16ClN3O. The summed E-state index contributed by atoms with van der Waals surface area (Å²) in [7, 11) is 0.